The molecule has 0 aliphatic rings. The first kappa shape index (κ1) is 16.4. The van der Waals surface area contributed by atoms with E-state index in [2.05, 4.69) is 5.32 Å². The molecule has 0 aliphatic heterocycles. The van der Waals surface area contributed by atoms with Crippen molar-refractivity contribution in [2.75, 3.05) is 0 Å². The van der Waals surface area contributed by atoms with Gasteiger partial charge in [0.05, 0.1) is 18.4 Å². The van der Waals surface area contributed by atoms with Gasteiger partial charge in [-0.1, -0.05) is 23.2 Å². The van der Waals surface area contributed by atoms with E-state index in [0.717, 1.165) is 0 Å². The number of rotatable bonds is 5. The predicted molar refractivity (Wildman–Crippen MR) is 81.9 cm³/mol. The maximum Gasteiger partial charge on any atom is 0.339 e. The van der Waals surface area contributed by atoms with Gasteiger partial charge in [0.15, 0.2) is 6.10 Å². The molecular weight excluding hydrogens is 329 g/mol. The Morgan fingerprint density at radius 1 is 1.27 bits per heavy atom. The van der Waals surface area contributed by atoms with E-state index in [1.165, 1.54) is 31.4 Å². The average Bonchev–Trinajstić information content (AvgIpc) is 2.96. The van der Waals surface area contributed by atoms with Crippen molar-refractivity contribution in [3.63, 3.8) is 0 Å². The Bertz CT molecular complexity index is 650. The fourth-order valence-corrected chi connectivity index (χ4v) is 2.21. The van der Waals surface area contributed by atoms with Gasteiger partial charge >= 0.3 is 5.97 Å². The molecule has 2 rings (SSSR count). The highest BCUT2D eigenvalue weighted by Gasteiger charge is 2.19. The van der Waals surface area contributed by atoms with E-state index in [9.17, 15) is 9.59 Å². The molecule has 0 fully saturated rings. The summed E-state index contributed by atoms with van der Waals surface area (Å²) in [4.78, 5) is 23.8. The second-order valence-corrected chi connectivity index (χ2v) is 5.38. The molecule has 1 atom stereocenters. The van der Waals surface area contributed by atoms with Crippen LogP contribution in [0.4, 0.5) is 0 Å². The molecule has 0 saturated carbocycles. The van der Waals surface area contributed by atoms with Crippen molar-refractivity contribution in [2.45, 2.75) is 19.6 Å². The smallest absolute Gasteiger partial charge is 0.339 e. The van der Waals surface area contributed by atoms with E-state index in [0.29, 0.717) is 15.8 Å². The summed E-state index contributed by atoms with van der Waals surface area (Å²) in [5, 5.41) is 3.23. The van der Waals surface area contributed by atoms with Gasteiger partial charge in [0, 0.05) is 10.0 Å². The summed E-state index contributed by atoms with van der Waals surface area (Å²) in [6.45, 7) is 1.69. The standard InChI is InChI=1S/C15H13Cl2NO4/c1-9(14(19)18-8-13-3-2-4-21-13)22-15(20)10-5-11(16)7-12(17)6-10/h2-7,9H,8H2,1H3,(H,18,19). The number of carbonyl (C=O) groups excluding carboxylic acids is 2. The summed E-state index contributed by atoms with van der Waals surface area (Å²) < 4.78 is 10.2. The number of hydrogen-bond acceptors (Lipinski definition) is 4. The van der Waals surface area contributed by atoms with Crippen molar-refractivity contribution in [1.29, 1.82) is 0 Å². The summed E-state index contributed by atoms with van der Waals surface area (Å²) in [6, 6.07) is 7.78. The summed E-state index contributed by atoms with van der Waals surface area (Å²) in [5.41, 5.74) is 0.184. The van der Waals surface area contributed by atoms with E-state index in [4.69, 9.17) is 32.4 Å². The molecule has 1 amide bonds. The molecule has 1 aromatic carbocycles. The normalized spacial score (nSPS) is 11.8. The summed E-state index contributed by atoms with van der Waals surface area (Å²) in [6.07, 6.45) is 0.550. The molecule has 1 heterocycles. The minimum absolute atomic E-state index is 0.184. The van der Waals surface area contributed by atoms with Crippen molar-refractivity contribution < 1.29 is 18.7 Å². The molecule has 0 radical (unpaired) electrons. The predicted octanol–water partition coefficient (Wildman–Crippen LogP) is 3.45. The van der Waals surface area contributed by atoms with Crippen LogP contribution in [0.5, 0.6) is 0 Å². The third kappa shape index (κ3) is 4.51. The third-order valence-corrected chi connectivity index (χ3v) is 3.20. The van der Waals surface area contributed by atoms with E-state index in [1.54, 1.807) is 12.1 Å². The second-order valence-electron chi connectivity index (χ2n) is 4.50. The zero-order valence-corrected chi connectivity index (χ0v) is 13.1. The Morgan fingerprint density at radius 2 is 1.95 bits per heavy atom. The van der Waals surface area contributed by atoms with Crippen LogP contribution in [0.3, 0.4) is 0 Å². The fourth-order valence-electron chi connectivity index (χ4n) is 1.68. The van der Waals surface area contributed by atoms with Gasteiger partial charge in [-0.05, 0) is 37.3 Å². The zero-order chi connectivity index (χ0) is 16.1. The van der Waals surface area contributed by atoms with Crippen LogP contribution in [0.25, 0.3) is 0 Å². The van der Waals surface area contributed by atoms with Crippen LogP contribution >= 0.6 is 23.2 Å². The van der Waals surface area contributed by atoms with Crippen molar-refractivity contribution in [3.05, 3.63) is 58.0 Å². The highest BCUT2D eigenvalue weighted by atomic mass is 35.5. The third-order valence-electron chi connectivity index (χ3n) is 2.77. The molecule has 0 aliphatic carbocycles. The van der Waals surface area contributed by atoms with Crippen LogP contribution in [0.15, 0.2) is 41.0 Å². The first-order valence-electron chi connectivity index (χ1n) is 6.43. The summed E-state index contributed by atoms with van der Waals surface area (Å²) in [5.74, 6) is -0.503. The molecule has 5 nitrogen and oxygen atoms in total. The Labute approximate surface area is 137 Å². The Balaban J connectivity index is 1.91. The lowest BCUT2D eigenvalue weighted by molar-refractivity contribution is -0.129. The Hall–Kier alpha value is -1.98. The van der Waals surface area contributed by atoms with Crippen molar-refractivity contribution in [2.24, 2.45) is 0 Å². The SMILES string of the molecule is CC(OC(=O)c1cc(Cl)cc(Cl)c1)C(=O)NCc1ccco1. The molecule has 0 spiro atoms. The van der Waals surface area contributed by atoms with Gasteiger partial charge in [-0.15, -0.1) is 0 Å². The highest BCUT2D eigenvalue weighted by molar-refractivity contribution is 6.35. The number of nitrogens with one attached hydrogen (secondary N) is 1. The highest BCUT2D eigenvalue weighted by Crippen LogP contribution is 2.20. The van der Waals surface area contributed by atoms with Crippen molar-refractivity contribution in [3.8, 4) is 0 Å². The lowest BCUT2D eigenvalue weighted by Gasteiger charge is -2.13. The number of halogens is 2. The second kappa shape index (κ2) is 7.33. The number of furan rings is 1. The van der Waals surface area contributed by atoms with Gasteiger partial charge in [-0.25, -0.2) is 4.79 Å². The molecule has 22 heavy (non-hydrogen) atoms. The molecule has 1 unspecified atom stereocenters. The van der Waals surface area contributed by atoms with Crippen LogP contribution in [0.2, 0.25) is 10.0 Å². The first-order chi connectivity index (χ1) is 10.5. The van der Waals surface area contributed by atoms with Gasteiger partial charge in [0.25, 0.3) is 5.91 Å². The monoisotopic (exact) mass is 341 g/mol. The number of benzene rings is 1. The lowest BCUT2D eigenvalue weighted by atomic mass is 10.2. The average molecular weight is 342 g/mol. The summed E-state index contributed by atoms with van der Waals surface area (Å²) in [7, 11) is 0. The van der Waals surface area contributed by atoms with E-state index >= 15 is 0 Å². The Morgan fingerprint density at radius 3 is 2.55 bits per heavy atom. The fraction of sp³-hybridized carbons (Fsp3) is 0.200. The number of ether oxygens (including phenoxy) is 1. The van der Waals surface area contributed by atoms with E-state index in [-0.39, 0.29) is 12.1 Å². The minimum atomic E-state index is -0.958. The lowest BCUT2D eigenvalue weighted by Crippen LogP contribution is -2.35. The van der Waals surface area contributed by atoms with Gasteiger partial charge in [-0.2, -0.15) is 0 Å². The van der Waals surface area contributed by atoms with Gasteiger partial charge < -0.3 is 14.5 Å². The minimum Gasteiger partial charge on any atom is -0.467 e. The number of amides is 1. The van der Waals surface area contributed by atoms with Crippen LogP contribution in [0.1, 0.15) is 23.0 Å². The van der Waals surface area contributed by atoms with E-state index < -0.39 is 18.0 Å². The first-order valence-corrected chi connectivity index (χ1v) is 7.18. The number of carbonyl (C=O) groups is 2. The molecule has 0 saturated heterocycles. The summed E-state index contributed by atoms with van der Waals surface area (Å²) >= 11 is 11.6. The molecule has 7 heteroatoms. The maximum absolute atomic E-state index is 12.0. The molecule has 2 aromatic rings. The number of esters is 1. The van der Waals surface area contributed by atoms with Crippen molar-refractivity contribution >= 4 is 35.1 Å². The topological polar surface area (TPSA) is 68.5 Å². The molecule has 1 aromatic heterocycles. The molecule has 0 bridgehead atoms. The van der Waals surface area contributed by atoms with Crippen LogP contribution in [-0.4, -0.2) is 18.0 Å². The number of hydrogen-bond donors (Lipinski definition) is 1. The van der Waals surface area contributed by atoms with Crippen LogP contribution in [0, 0.1) is 0 Å². The quantitative estimate of drug-likeness (QED) is 0.845. The zero-order valence-electron chi connectivity index (χ0n) is 11.6. The van der Waals surface area contributed by atoms with Crippen molar-refractivity contribution in [1.82, 2.24) is 5.32 Å². The van der Waals surface area contributed by atoms with Gasteiger partial charge in [0.1, 0.15) is 5.76 Å². The van der Waals surface area contributed by atoms with Crippen LogP contribution < -0.4 is 5.32 Å². The molecular formula is C15H13Cl2NO4. The van der Waals surface area contributed by atoms with Crippen LogP contribution in [-0.2, 0) is 16.1 Å². The van der Waals surface area contributed by atoms with E-state index in [1.807, 2.05) is 0 Å². The maximum atomic E-state index is 12.0. The Kier molecular flexibility index (Phi) is 5.46. The molecule has 116 valence electrons. The molecule has 1 N–H and O–H groups in total. The van der Waals surface area contributed by atoms with Gasteiger partial charge in [0.2, 0.25) is 0 Å². The van der Waals surface area contributed by atoms with Gasteiger partial charge in [-0.3, -0.25) is 4.79 Å². The largest absolute Gasteiger partial charge is 0.467 e.